The van der Waals surface area contributed by atoms with Crippen molar-refractivity contribution in [2.75, 3.05) is 11.9 Å². The van der Waals surface area contributed by atoms with E-state index in [1.807, 2.05) is 6.92 Å². The van der Waals surface area contributed by atoms with E-state index in [0.29, 0.717) is 45.8 Å². The van der Waals surface area contributed by atoms with E-state index in [4.69, 9.17) is 27.9 Å². The number of carbonyl (C=O) groups excluding carboxylic acids is 1. The monoisotopic (exact) mass is 587 g/mol. The van der Waals surface area contributed by atoms with Crippen LogP contribution in [0.25, 0.3) is 10.8 Å². The normalized spacial score (nSPS) is 11.7. The zero-order chi connectivity index (χ0) is 28.3. The van der Waals surface area contributed by atoms with Gasteiger partial charge in [-0.1, -0.05) is 54.4 Å². The van der Waals surface area contributed by atoms with Crippen molar-refractivity contribution in [3.05, 3.63) is 81.8 Å². The number of azo groups is 1. The Morgan fingerprint density at radius 3 is 2.46 bits per heavy atom. The summed E-state index contributed by atoms with van der Waals surface area (Å²) < 4.78 is 39.2. The Bertz CT molecular complexity index is 1720. The number of phenols is 1. The van der Waals surface area contributed by atoms with Crippen molar-refractivity contribution < 1.29 is 27.6 Å². The summed E-state index contributed by atoms with van der Waals surface area (Å²) in [5, 5.41) is 23.5. The van der Waals surface area contributed by atoms with E-state index in [0.717, 1.165) is 0 Å². The molecule has 3 N–H and O–H groups in total. The topological polar surface area (TPSA) is 138 Å². The molecule has 0 saturated heterocycles. The number of carbonyl (C=O) groups is 1. The lowest BCUT2D eigenvalue weighted by Gasteiger charge is -2.12. The molecule has 0 bridgehead atoms. The molecule has 0 aromatic heterocycles. The number of hydrogen-bond donors (Lipinski definition) is 3. The van der Waals surface area contributed by atoms with Gasteiger partial charge in [0.05, 0.1) is 12.2 Å². The number of hydrogen-bond acceptors (Lipinski definition) is 7. The first-order chi connectivity index (χ1) is 18.5. The molecule has 0 saturated carbocycles. The van der Waals surface area contributed by atoms with Gasteiger partial charge in [0, 0.05) is 27.2 Å². The number of nitrogens with zero attached hydrogens (tertiary/aromatic N) is 2. The quantitative estimate of drug-likeness (QED) is 0.142. The van der Waals surface area contributed by atoms with Crippen LogP contribution in [0.15, 0.2) is 75.8 Å². The molecule has 0 aliphatic rings. The number of halogens is 2. The van der Waals surface area contributed by atoms with Gasteiger partial charge in [-0.3, -0.25) is 9.35 Å². The van der Waals surface area contributed by atoms with Crippen molar-refractivity contribution in [3.63, 3.8) is 0 Å². The van der Waals surface area contributed by atoms with Crippen molar-refractivity contribution in [1.29, 1.82) is 0 Å². The average molecular weight is 588 g/mol. The molecule has 39 heavy (non-hydrogen) atoms. The van der Waals surface area contributed by atoms with E-state index in [9.17, 15) is 22.9 Å². The van der Waals surface area contributed by atoms with Crippen LogP contribution in [0.1, 0.15) is 29.8 Å². The van der Waals surface area contributed by atoms with Gasteiger partial charge in [-0.25, -0.2) is 0 Å². The summed E-state index contributed by atoms with van der Waals surface area (Å²) in [6, 6.07) is 15.5. The van der Waals surface area contributed by atoms with Crippen molar-refractivity contribution in [2.24, 2.45) is 10.2 Å². The van der Waals surface area contributed by atoms with Gasteiger partial charge in [-0.15, -0.1) is 10.2 Å². The molecule has 4 aromatic rings. The molecule has 1 amide bonds. The highest BCUT2D eigenvalue weighted by atomic mass is 35.5. The minimum atomic E-state index is -4.67. The van der Waals surface area contributed by atoms with E-state index in [-0.39, 0.29) is 22.0 Å². The third kappa shape index (κ3) is 6.31. The van der Waals surface area contributed by atoms with Crippen LogP contribution in [-0.4, -0.2) is 30.6 Å². The molecule has 4 aromatic carbocycles. The Morgan fingerprint density at radius 2 is 1.77 bits per heavy atom. The largest absolute Gasteiger partial charge is 0.505 e. The highest BCUT2D eigenvalue weighted by Gasteiger charge is 2.21. The smallest absolute Gasteiger partial charge is 0.296 e. The molecule has 0 fully saturated rings. The van der Waals surface area contributed by atoms with Gasteiger partial charge in [-0.05, 0) is 54.6 Å². The minimum absolute atomic E-state index is 0.0867. The first-order valence-electron chi connectivity index (χ1n) is 11.7. The van der Waals surface area contributed by atoms with Gasteiger partial charge < -0.3 is 15.2 Å². The Kier molecular flexibility index (Phi) is 8.41. The predicted octanol–water partition coefficient (Wildman–Crippen LogP) is 7.73. The van der Waals surface area contributed by atoms with Gasteiger partial charge in [0.25, 0.3) is 16.0 Å². The molecule has 0 aliphatic carbocycles. The summed E-state index contributed by atoms with van der Waals surface area (Å²) in [7, 11) is -4.67. The summed E-state index contributed by atoms with van der Waals surface area (Å²) in [6.07, 6.45) is 0.417. The van der Waals surface area contributed by atoms with Gasteiger partial charge in [0.15, 0.2) is 5.75 Å². The fourth-order valence-electron chi connectivity index (χ4n) is 3.92. The second-order valence-electron chi connectivity index (χ2n) is 8.35. The number of rotatable bonds is 8. The third-order valence-electron chi connectivity index (χ3n) is 5.72. The van der Waals surface area contributed by atoms with Crippen LogP contribution >= 0.6 is 23.2 Å². The molecular weight excluding hydrogens is 565 g/mol. The Balaban J connectivity index is 1.81. The fraction of sp³-hybridized carbons (Fsp3) is 0.148. The number of amides is 1. The SMILES string of the molecule is CCOc1cc(Cl)cc(NC(=O)c2cc3ccccc3c(N=Nc3cc(Cl)c(CC)cc3S(=O)(=O)O)c2O)c1. The van der Waals surface area contributed by atoms with Gasteiger partial charge in [0.1, 0.15) is 22.0 Å². The standard InChI is InChI=1S/C27H23Cl2N3O6S/c1-3-15-10-24(39(35,36)37)23(14-22(15)29)31-32-25-20-8-6-5-7-16(20)9-21(26(25)33)27(34)30-18-11-17(28)12-19(13-18)38-4-2/h5-14,33H,3-4H2,1-2H3,(H,30,34)(H,35,36,37). The number of anilines is 1. The summed E-state index contributed by atoms with van der Waals surface area (Å²) in [6.45, 7) is 3.99. The molecule has 9 nitrogen and oxygen atoms in total. The number of ether oxygens (including phenoxy) is 1. The Hall–Kier alpha value is -3.70. The lowest BCUT2D eigenvalue weighted by molar-refractivity contribution is 0.102. The molecular formula is C27H23Cl2N3O6S. The summed E-state index contributed by atoms with van der Waals surface area (Å²) in [5.74, 6) is -0.694. The number of aryl methyl sites for hydroxylation is 1. The van der Waals surface area contributed by atoms with Crippen LogP contribution < -0.4 is 10.1 Å². The van der Waals surface area contributed by atoms with Crippen LogP contribution in [0.2, 0.25) is 10.0 Å². The Morgan fingerprint density at radius 1 is 1.03 bits per heavy atom. The van der Waals surface area contributed by atoms with E-state index < -0.39 is 26.7 Å². The van der Waals surface area contributed by atoms with Crippen LogP contribution in [0.5, 0.6) is 11.5 Å². The molecule has 0 spiro atoms. The highest BCUT2D eigenvalue weighted by molar-refractivity contribution is 7.86. The van der Waals surface area contributed by atoms with Gasteiger partial charge >= 0.3 is 0 Å². The van der Waals surface area contributed by atoms with E-state index in [1.165, 1.54) is 24.3 Å². The molecule has 0 unspecified atom stereocenters. The first-order valence-corrected chi connectivity index (χ1v) is 13.9. The highest BCUT2D eigenvalue weighted by Crippen LogP contribution is 2.41. The van der Waals surface area contributed by atoms with Crippen molar-refractivity contribution in [2.45, 2.75) is 25.2 Å². The van der Waals surface area contributed by atoms with E-state index >= 15 is 0 Å². The second kappa shape index (κ2) is 11.6. The van der Waals surface area contributed by atoms with Crippen molar-refractivity contribution >= 4 is 67.1 Å². The van der Waals surface area contributed by atoms with Gasteiger partial charge in [0.2, 0.25) is 0 Å². The number of phenolic OH excluding ortho intramolecular Hbond substituents is 1. The second-order valence-corrected chi connectivity index (χ2v) is 10.6. The maximum atomic E-state index is 13.2. The number of aromatic hydroxyl groups is 1. The first kappa shape index (κ1) is 28.3. The zero-order valence-electron chi connectivity index (χ0n) is 20.8. The summed E-state index contributed by atoms with van der Waals surface area (Å²) in [4.78, 5) is 12.7. The van der Waals surface area contributed by atoms with Crippen LogP contribution in [0.4, 0.5) is 17.1 Å². The lowest BCUT2D eigenvalue weighted by Crippen LogP contribution is -2.12. The van der Waals surface area contributed by atoms with Crippen molar-refractivity contribution in [3.8, 4) is 11.5 Å². The van der Waals surface area contributed by atoms with Crippen LogP contribution in [0, 0.1) is 0 Å². The maximum Gasteiger partial charge on any atom is 0.296 e. The van der Waals surface area contributed by atoms with Crippen LogP contribution in [-0.2, 0) is 16.5 Å². The number of nitrogens with one attached hydrogen (secondary N) is 1. The molecule has 0 radical (unpaired) electrons. The maximum absolute atomic E-state index is 13.2. The lowest BCUT2D eigenvalue weighted by atomic mass is 10.0. The van der Waals surface area contributed by atoms with E-state index in [2.05, 4.69) is 15.5 Å². The Labute approximate surface area is 234 Å². The fourth-order valence-corrected chi connectivity index (χ4v) is 5.09. The minimum Gasteiger partial charge on any atom is -0.505 e. The number of benzene rings is 4. The molecule has 4 rings (SSSR count). The average Bonchev–Trinajstić information content (AvgIpc) is 2.87. The summed E-state index contributed by atoms with van der Waals surface area (Å²) in [5.41, 5.74) is 0.394. The zero-order valence-corrected chi connectivity index (χ0v) is 23.1. The van der Waals surface area contributed by atoms with Crippen molar-refractivity contribution in [1.82, 2.24) is 0 Å². The molecule has 202 valence electrons. The molecule has 0 heterocycles. The van der Waals surface area contributed by atoms with E-state index in [1.54, 1.807) is 43.3 Å². The number of fused-ring (bicyclic) bond motifs is 1. The summed E-state index contributed by atoms with van der Waals surface area (Å²) >= 11 is 12.4. The molecule has 12 heteroatoms. The van der Waals surface area contributed by atoms with Crippen LogP contribution in [0.3, 0.4) is 0 Å². The predicted molar refractivity (Wildman–Crippen MR) is 151 cm³/mol. The third-order valence-corrected chi connectivity index (χ3v) is 7.18. The molecule has 0 atom stereocenters. The molecule has 0 aliphatic heterocycles. The van der Waals surface area contributed by atoms with Gasteiger partial charge in [-0.2, -0.15) is 8.42 Å².